The van der Waals surface area contributed by atoms with Gasteiger partial charge in [0.2, 0.25) is 0 Å². The van der Waals surface area contributed by atoms with Gasteiger partial charge in [-0.05, 0) is 56.2 Å². The lowest BCUT2D eigenvalue weighted by Crippen LogP contribution is -2.39. The topological polar surface area (TPSA) is 37.4 Å². The number of hydrogen-bond donors (Lipinski definition) is 0. The maximum absolute atomic E-state index is 13.5. The molecule has 3 nitrogen and oxygen atoms in total. The minimum absolute atomic E-state index is 0.103. The molecule has 1 unspecified atom stereocenters. The summed E-state index contributed by atoms with van der Waals surface area (Å²) in [4.78, 5) is 1.50. The van der Waals surface area contributed by atoms with E-state index >= 15 is 0 Å². The molecule has 0 bridgehead atoms. The molecule has 0 amide bonds. The number of benzene rings is 3. The zero-order valence-corrected chi connectivity index (χ0v) is 17.6. The lowest BCUT2D eigenvalue weighted by Gasteiger charge is -2.27. The molecule has 0 saturated carbocycles. The molecule has 0 radical (unpaired) electrons. The van der Waals surface area contributed by atoms with Gasteiger partial charge in [-0.1, -0.05) is 53.6 Å². The highest BCUT2D eigenvalue weighted by Crippen LogP contribution is 2.39. The van der Waals surface area contributed by atoms with Crippen LogP contribution in [-0.4, -0.2) is 20.2 Å². The highest BCUT2D eigenvalue weighted by atomic mass is 32.2. The Labute approximate surface area is 171 Å². The molecule has 0 aromatic heterocycles. The number of hydrogen-bond acceptors (Lipinski definition) is 3. The van der Waals surface area contributed by atoms with E-state index in [1.807, 2.05) is 56.3 Å². The zero-order chi connectivity index (χ0) is 19.7. The van der Waals surface area contributed by atoms with E-state index in [4.69, 9.17) is 0 Å². The predicted octanol–water partition coefficient (Wildman–Crippen LogP) is 5.22. The molecular formula is C23H23NO2S2. The van der Waals surface area contributed by atoms with Crippen LogP contribution in [0.2, 0.25) is 0 Å². The van der Waals surface area contributed by atoms with Crippen LogP contribution in [0.25, 0.3) is 0 Å². The molecule has 4 rings (SSSR count). The average Bonchev–Trinajstić information content (AvgIpc) is 3.05. The third-order valence-corrected chi connectivity index (χ3v) is 8.06. The van der Waals surface area contributed by atoms with E-state index in [-0.39, 0.29) is 6.04 Å². The summed E-state index contributed by atoms with van der Waals surface area (Å²) in [6.45, 7) is 4.01. The van der Waals surface area contributed by atoms with E-state index in [2.05, 4.69) is 18.2 Å². The van der Waals surface area contributed by atoms with Crippen molar-refractivity contribution >= 4 is 27.5 Å². The lowest BCUT2D eigenvalue weighted by atomic mass is 10.1. The summed E-state index contributed by atoms with van der Waals surface area (Å²) in [7, 11) is -3.62. The fraction of sp³-hybridized carbons (Fsp3) is 0.217. The summed E-state index contributed by atoms with van der Waals surface area (Å²) in [5, 5.41) is 0. The molecule has 0 fully saturated rings. The van der Waals surface area contributed by atoms with E-state index in [1.165, 1.54) is 0 Å². The quantitative estimate of drug-likeness (QED) is 0.543. The molecule has 5 heteroatoms. The van der Waals surface area contributed by atoms with Gasteiger partial charge in [-0.2, -0.15) is 0 Å². The van der Waals surface area contributed by atoms with Crippen molar-refractivity contribution in [3.05, 3.63) is 89.5 Å². The monoisotopic (exact) mass is 409 g/mol. The number of fused-ring (bicyclic) bond motifs is 1. The highest BCUT2D eigenvalue weighted by Gasteiger charge is 2.38. The molecule has 0 saturated heterocycles. The van der Waals surface area contributed by atoms with Crippen molar-refractivity contribution in [2.75, 3.05) is 10.1 Å². The first-order valence-corrected chi connectivity index (χ1v) is 11.8. The molecular weight excluding hydrogens is 386 g/mol. The Morgan fingerprint density at radius 3 is 2.32 bits per heavy atom. The molecule has 1 heterocycles. The molecule has 144 valence electrons. The molecule has 1 aliphatic rings. The summed E-state index contributed by atoms with van der Waals surface area (Å²) >= 11 is 1.70. The summed E-state index contributed by atoms with van der Waals surface area (Å²) in [5.74, 6) is 0.711. The average molecular weight is 410 g/mol. The van der Waals surface area contributed by atoms with Crippen molar-refractivity contribution in [3.63, 3.8) is 0 Å². The highest BCUT2D eigenvalue weighted by molar-refractivity contribution is 7.99. The van der Waals surface area contributed by atoms with Gasteiger partial charge in [-0.3, -0.25) is 4.31 Å². The van der Waals surface area contributed by atoms with E-state index in [0.717, 1.165) is 33.7 Å². The zero-order valence-electron chi connectivity index (χ0n) is 16.0. The Balaban J connectivity index is 1.70. The van der Waals surface area contributed by atoms with Crippen molar-refractivity contribution in [2.45, 2.75) is 36.1 Å². The van der Waals surface area contributed by atoms with Crippen molar-refractivity contribution in [2.24, 2.45) is 0 Å². The standard InChI is InChI=1S/C23H23NO2S2/c1-17-8-11-22(12-9-17)28(25,26)24-20(16-27-21-6-4-3-5-7-21)15-19-14-18(2)10-13-23(19)24/h3-14,20H,15-16H2,1-2H3. The summed E-state index contributed by atoms with van der Waals surface area (Å²) in [5.41, 5.74) is 4.12. The van der Waals surface area contributed by atoms with Crippen LogP contribution in [0, 0.1) is 13.8 Å². The molecule has 0 aliphatic carbocycles. The first-order chi connectivity index (χ1) is 13.4. The van der Waals surface area contributed by atoms with E-state index in [1.54, 1.807) is 28.2 Å². The minimum Gasteiger partial charge on any atom is -0.262 e. The molecule has 0 spiro atoms. The van der Waals surface area contributed by atoms with Gasteiger partial charge in [-0.15, -0.1) is 11.8 Å². The molecule has 1 atom stereocenters. The number of rotatable bonds is 5. The Morgan fingerprint density at radius 2 is 1.61 bits per heavy atom. The Morgan fingerprint density at radius 1 is 0.929 bits per heavy atom. The summed E-state index contributed by atoms with van der Waals surface area (Å²) in [6, 6.07) is 23.2. The maximum atomic E-state index is 13.5. The van der Waals surface area contributed by atoms with Crippen LogP contribution in [0.1, 0.15) is 16.7 Å². The number of anilines is 1. The summed E-state index contributed by atoms with van der Waals surface area (Å²) in [6.07, 6.45) is 0.738. The smallest absolute Gasteiger partial charge is 0.262 e. The van der Waals surface area contributed by atoms with Crippen LogP contribution >= 0.6 is 11.8 Å². The van der Waals surface area contributed by atoms with Gasteiger partial charge in [0.15, 0.2) is 0 Å². The van der Waals surface area contributed by atoms with Gasteiger partial charge in [-0.25, -0.2) is 8.42 Å². The molecule has 1 aliphatic heterocycles. The largest absolute Gasteiger partial charge is 0.264 e. The van der Waals surface area contributed by atoms with Crippen molar-refractivity contribution < 1.29 is 8.42 Å². The third-order valence-electron chi connectivity index (χ3n) is 5.02. The van der Waals surface area contributed by atoms with Crippen LogP contribution in [-0.2, 0) is 16.4 Å². The number of sulfonamides is 1. The van der Waals surface area contributed by atoms with Gasteiger partial charge >= 0.3 is 0 Å². The second-order valence-corrected chi connectivity index (χ2v) is 10.1. The first kappa shape index (κ1) is 19.1. The normalized spacial score (nSPS) is 16.2. The first-order valence-electron chi connectivity index (χ1n) is 9.33. The predicted molar refractivity (Wildman–Crippen MR) is 117 cm³/mol. The SMILES string of the molecule is Cc1ccc(S(=O)(=O)N2c3ccc(C)cc3CC2CSc2ccccc2)cc1. The van der Waals surface area contributed by atoms with Crippen molar-refractivity contribution in [1.82, 2.24) is 0 Å². The number of thioether (sulfide) groups is 1. The fourth-order valence-corrected chi connectivity index (χ4v) is 6.39. The van der Waals surface area contributed by atoms with Crippen LogP contribution < -0.4 is 4.31 Å². The van der Waals surface area contributed by atoms with Crippen molar-refractivity contribution in [3.8, 4) is 0 Å². The Kier molecular flexibility index (Phi) is 5.21. The molecule has 3 aromatic carbocycles. The summed E-state index contributed by atoms with van der Waals surface area (Å²) < 4.78 is 28.7. The van der Waals surface area contributed by atoms with E-state index in [0.29, 0.717) is 10.6 Å². The van der Waals surface area contributed by atoms with Crippen LogP contribution in [0.5, 0.6) is 0 Å². The van der Waals surface area contributed by atoms with Crippen LogP contribution in [0.3, 0.4) is 0 Å². The molecule has 0 N–H and O–H groups in total. The lowest BCUT2D eigenvalue weighted by molar-refractivity contribution is 0.585. The van der Waals surface area contributed by atoms with Gasteiger partial charge < -0.3 is 0 Å². The Hall–Kier alpha value is -2.24. The number of nitrogens with zero attached hydrogens (tertiary/aromatic N) is 1. The molecule has 28 heavy (non-hydrogen) atoms. The van der Waals surface area contributed by atoms with Gasteiger partial charge in [0, 0.05) is 10.6 Å². The Bertz CT molecular complexity index is 1080. The minimum atomic E-state index is -3.62. The van der Waals surface area contributed by atoms with Gasteiger partial charge in [0.25, 0.3) is 10.0 Å². The number of aryl methyl sites for hydroxylation is 2. The fourth-order valence-electron chi connectivity index (χ4n) is 3.61. The molecule has 3 aromatic rings. The second-order valence-electron chi connectivity index (χ2n) is 7.23. The van der Waals surface area contributed by atoms with E-state index < -0.39 is 10.0 Å². The van der Waals surface area contributed by atoms with Gasteiger partial charge in [0.05, 0.1) is 16.6 Å². The van der Waals surface area contributed by atoms with Crippen LogP contribution in [0.4, 0.5) is 5.69 Å². The third kappa shape index (κ3) is 3.69. The second kappa shape index (κ2) is 7.64. The van der Waals surface area contributed by atoms with Crippen LogP contribution in [0.15, 0.2) is 82.6 Å². The maximum Gasteiger partial charge on any atom is 0.264 e. The van der Waals surface area contributed by atoms with Gasteiger partial charge in [0.1, 0.15) is 0 Å². The van der Waals surface area contributed by atoms with Crippen molar-refractivity contribution in [1.29, 1.82) is 0 Å². The van der Waals surface area contributed by atoms with E-state index in [9.17, 15) is 8.42 Å².